The quantitative estimate of drug-likeness (QED) is 0.729. The van der Waals surface area contributed by atoms with E-state index in [1.165, 1.54) is 7.11 Å². The number of nitrogens with zero attached hydrogens (tertiary/aromatic N) is 1. The van der Waals surface area contributed by atoms with Gasteiger partial charge in [-0.2, -0.15) is 5.10 Å². The number of amides is 3. The Balaban J connectivity index is 1.91. The zero-order valence-corrected chi connectivity index (χ0v) is 14.6. The average molecular weight is 356 g/mol. The number of benzene rings is 1. The highest BCUT2D eigenvalue weighted by atomic mass is 16.5. The summed E-state index contributed by atoms with van der Waals surface area (Å²) in [5.41, 5.74) is 9.97. The van der Waals surface area contributed by atoms with Crippen LogP contribution in [0.5, 0.6) is 5.75 Å². The molecule has 0 aliphatic heterocycles. The van der Waals surface area contributed by atoms with E-state index >= 15 is 0 Å². The van der Waals surface area contributed by atoms with E-state index in [0.29, 0.717) is 41.3 Å². The number of anilines is 1. The highest BCUT2D eigenvalue weighted by Crippen LogP contribution is 2.31. The maximum absolute atomic E-state index is 12.7. The number of rotatable bonds is 4. The Bertz CT molecular complexity index is 885. The number of para-hydroxylation sites is 2. The Morgan fingerprint density at radius 2 is 2.04 bits per heavy atom. The lowest BCUT2D eigenvalue weighted by Gasteiger charge is -2.13. The molecule has 1 heterocycles. The number of furan rings is 1. The zero-order valence-electron chi connectivity index (χ0n) is 14.6. The zero-order chi connectivity index (χ0) is 18.7. The molecule has 1 aliphatic rings. The number of ether oxygens (including phenoxy) is 1. The lowest BCUT2D eigenvalue weighted by Crippen LogP contribution is -2.27. The van der Waals surface area contributed by atoms with Gasteiger partial charge >= 0.3 is 6.03 Å². The number of hydrogen-bond acceptors (Lipinski definition) is 5. The number of primary amides is 1. The van der Waals surface area contributed by atoms with Gasteiger partial charge in [-0.05, 0) is 31.9 Å². The molecule has 0 atom stereocenters. The molecule has 0 bridgehead atoms. The summed E-state index contributed by atoms with van der Waals surface area (Å²) in [7, 11) is 1.54. The van der Waals surface area contributed by atoms with Gasteiger partial charge in [-0.25, -0.2) is 10.2 Å². The summed E-state index contributed by atoms with van der Waals surface area (Å²) in [5, 5.41) is 6.85. The van der Waals surface area contributed by atoms with Crippen LogP contribution in [0.25, 0.3) is 0 Å². The van der Waals surface area contributed by atoms with E-state index in [0.717, 1.165) is 12.0 Å². The third-order valence-electron chi connectivity index (χ3n) is 4.19. The Morgan fingerprint density at radius 3 is 2.77 bits per heavy atom. The summed E-state index contributed by atoms with van der Waals surface area (Å²) in [5.74, 6) is 1.09. The minimum atomic E-state index is -0.736. The van der Waals surface area contributed by atoms with Crippen molar-refractivity contribution in [2.24, 2.45) is 10.8 Å². The highest BCUT2D eigenvalue weighted by Gasteiger charge is 2.28. The van der Waals surface area contributed by atoms with Crippen LogP contribution in [0.3, 0.4) is 0 Å². The Kier molecular flexibility index (Phi) is 4.92. The molecule has 3 amide bonds. The lowest BCUT2D eigenvalue weighted by atomic mass is 9.93. The first-order valence-corrected chi connectivity index (χ1v) is 8.20. The number of hydrogen-bond donors (Lipinski definition) is 3. The summed E-state index contributed by atoms with van der Waals surface area (Å²) in [6.07, 6.45) is 2.18. The number of methoxy groups -OCH3 is 1. The van der Waals surface area contributed by atoms with Crippen LogP contribution in [-0.2, 0) is 6.42 Å². The average Bonchev–Trinajstić information content (AvgIpc) is 2.98. The minimum absolute atomic E-state index is 0.217. The van der Waals surface area contributed by atoms with E-state index in [-0.39, 0.29) is 11.7 Å². The van der Waals surface area contributed by atoms with E-state index < -0.39 is 6.03 Å². The molecule has 0 saturated heterocycles. The van der Waals surface area contributed by atoms with Crippen LogP contribution in [0, 0.1) is 6.92 Å². The molecule has 4 N–H and O–H groups in total. The van der Waals surface area contributed by atoms with Crippen molar-refractivity contribution < 1.29 is 18.7 Å². The van der Waals surface area contributed by atoms with Crippen LogP contribution < -0.4 is 21.2 Å². The minimum Gasteiger partial charge on any atom is -0.495 e. The predicted octanol–water partition coefficient (Wildman–Crippen LogP) is 2.56. The van der Waals surface area contributed by atoms with E-state index in [1.54, 1.807) is 25.1 Å². The maximum atomic E-state index is 12.7. The maximum Gasteiger partial charge on any atom is 0.332 e. The van der Waals surface area contributed by atoms with Gasteiger partial charge in [-0.3, -0.25) is 4.79 Å². The molecular formula is C18H20N4O4. The van der Waals surface area contributed by atoms with Crippen molar-refractivity contribution in [3.05, 3.63) is 46.9 Å². The largest absolute Gasteiger partial charge is 0.495 e. The number of aryl methyl sites for hydroxylation is 1. The third-order valence-corrected chi connectivity index (χ3v) is 4.19. The summed E-state index contributed by atoms with van der Waals surface area (Å²) in [4.78, 5) is 23.6. The molecule has 26 heavy (non-hydrogen) atoms. The highest BCUT2D eigenvalue weighted by molar-refractivity contribution is 6.09. The molecule has 0 fully saturated rings. The van der Waals surface area contributed by atoms with Crippen LogP contribution in [0.15, 0.2) is 33.8 Å². The first kappa shape index (κ1) is 17.5. The molecule has 2 aromatic rings. The topological polar surface area (TPSA) is 119 Å². The fourth-order valence-corrected chi connectivity index (χ4v) is 3.05. The molecule has 1 aromatic heterocycles. The molecule has 8 nitrogen and oxygen atoms in total. The number of fused-ring (bicyclic) bond motifs is 1. The number of urea groups is 1. The summed E-state index contributed by atoms with van der Waals surface area (Å²) in [6, 6.07) is 6.40. The number of hydrazone groups is 1. The van der Waals surface area contributed by atoms with Crippen molar-refractivity contribution in [1.29, 1.82) is 0 Å². The first-order valence-electron chi connectivity index (χ1n) is 8.20. The van der Waals surface area contributed by atoms with Crippen LogP contribution in [0.2, 0.25) is 0 Å². The number of carbonyl (C=O) groups is 2. The molecule has 0 unspecified atom stereocenters. The van der Waals surface area contributed by atoms with Gasteiger partial charge in [0.1, 0.15) is 11.5 Å². The van der Waals surface area contributed by atoms with Gasteiger partial charge < -0.3 is 20.2 Å². The summed E-state index contributed by atoms with van der Waals surface area (Å²) in [6.45, 7) is 1.80. The monoisotopic (exact) mass is 356 g/mol. The second-order valence-electron chi connectivity index (χ2n) is 5.90. The lowest BCUT2D eigenvalue weighted by molar-refractivity contribution is 0.0993. The van der Waals surface area contributed by atoms with Gasteiger partial charge in [0.2, 0.25) is 0 Å². The van der Waals surface area contributed by atoms with E-state index in [2.05, 4.69) is 15.8 Å². The van der Waals surface area contributed by atoms with E-state index in [9.17, 15) is 9.59 Å². The Hall–Kier alpha value is -3.29. The van der Waals surface area contributed by atoms with Crippen molar-refractivity contribution in [3.63, 3.8) is 0 Å². The normalized spacial score (nSPS) is 14.6. The van der Waals surface area contributed by atoms with Gasteiger partial charge in [-0.15, -0.1) is 0 Å². The number of carbonyl (C=O) groups excluding carboxylic acids is 2. The van der Waals surface area contributed by atoms with Crippen molar-refractivity contribution in [2.75, 3.05) is 12.4 Å². The second-order valence-corrected chi connectivity index (χ2v) is 5.90. The smallest absolute Gasteiger partial charge is 0.332 e. The van der Waals surface area contributed by atoms with E-state index in [4.69, 9.17) is 14.9 Å². The standard InChI is InChI=1S/C18H20N4O4/c1-10-15-12(21-22-18(19)24)7-5-9-14(15)26-16(10)17(23)20-11-6-3-4-8-13(11)25-2/h3-4,6,8H,5,7,9H2,1-2H3,(H,20,23)(H3,19,22,24)/b21-12+. The first-order chi connectivity index (χ1) is 12.5. The third kappa shape index (κ3) is 3.39. The van der Waals surface area contributed by atoms with Crippen molar-refractivity contribution in [2.45, 2.75) is 26.2 Å². The van der Waals surface area contributed by atoms with Gasteiger partial charge in [0.15, 0.2) is 5.76 Å². The second kappa shape index (κ2) is 7.30. The molecule has 136 valence electrons. The van der Waals surface area contributed by atoms with Crippen molar-refractivity contribution >= 4 is 23.3 Å². The molecule has 1 aliphatic carbocycles. The van der Waals surface area contributed by atoms with Gasteiger partial charge in [0.25, 0.3) is 5.91 Å². The fourth-order valence-electron chi connectivity index (χ4n) is 3.05. The van der Waals surface area contributed by atoms with Crippen molar-refractivity contribution in [1.82, 2.24) is 5.43 Å². The molecule has 3 rings (SSSR count). The number of nitrogens with one attached hydrogen (secondary N) is 2. The Morgan fingerprint density at radius 1 is 1.27 bits per heavy atom. The molecule has 0 radical (unpaired) electrons. The summed E-state index contributed by atoms with van der Waals surface area (Å²) < 4.78 is 11.1. The molecule has 0 saturated carbocycles. The van der Waals surface area contributed by atoms with E-state index in [1.807, 2.05) is 6.07 Å². The summed E-state index contributed by atoms with van der Waals surface area (Å²) >= 11 is 0. The molecule has 8 heteroatoms. The predicted molar refractivity (Wildman–Crippen MR) is 96.6 cm³/mol. The van der Waals surface area contributed by atoms with Crippen LogP contribution in [0.1, 0.15) is 40.3 Å². The van der Waals surface area contributed by atoms with Gasteiger partial charge in [0, 0.05) is 17.5 Å². The Labute approximate surface area is 150 Å². The fraction of sp³-hybridized carbons (Fsp3) is 0.278. The van der Waals surface area contributed by atoms with Crippen LogP contribution >= 0.6 is 0 Å². The van der Waals surface area contributed by atoms with Gasteiger partial charge in [0.05, 0.1) is 18.5 Å². The molecule has 0 spiro atoms. The van der Waals surface area contributed by atoms with Crippen LogP contribution in [-0.4, -0.2) is 24.8 Å². The van der Waals surface area contributed by atoms with Gasteiger partial charge in [-0.1, -0.05) is 12.1 Å². The van der Waals surface area contributed by atoms with Crippen molar-refractivity contribution in [3.8, 4) is 5.75 Å². The SMILES string of the molecule is COc1ccccc1NC(=O)c1oc2c(c1C)/C(=N/NC(N)=O)CCC2. The molecule has 1 aromatic carbocycles. The molecular weight excluding hydrogens is 336 g/mol. The number of nitrogens with two attached hydrogens (primary N) is 1. The van der Waals surface area contributed by atoms with Crippen LogP contribution in [0.4, 0.5) is 10.5 Å².